The zero-order valence-corrected chi connectivity index (χ0v) is 11.3. The summed E-state index contributed by atoms with van der Waals surface area (Å²) in [4.78, 5) is 25.2. The van der Waals surface area contributed by atoms with Crippen LogP contribution in [-0.2, 0) is 19.1 Å². The number of allylic oxidation sites excluding steroid dienone is 2. The summed E-state index contributed by atoms with van der Waals surface area (Å²) in [5.41, 5.74) is 0. The zero-order chi connectivity index (χ0) is 13.8. The van der Waals surface area contributed by atoms with Crippen LogP contribution in [0.1, 0.15) is 0 Å². The number of thioether (sulfide) groups is 1. The fourth-order valence-electron chi connectivity index (χ4n) is 1.65. The van der Waals surface area contributed by atoms with Gasteiger partial charge in [-0.05, 0) is 12.1 Å². The third kappa shape index (κ3) is 2.71. The molecule has 0 amide bonds. The second kappa shape index (κ2) is 5.75. The molecule has 0 bridgehead atoms. The number of hydrogen-bond acceptors (Lipinski definition) is 5. The molecule has 1 aromatic rings. The van der Waals surface area contributed by atoms with E-state index in [9.17, 15) is 9.59 Å². The van der Waals surface area contributed by atoms with Crippen LogP contribution in [0.15, 0.2) is 57.7 Å². The summed E-state index contributed by atoms with van der Waals surface area (Å²) >= 11 is 1.23. The summed E-state index contributed by atoms with van der Waals surface area (Å²) in [5.74, 6) is -0.802. The van der Waals surface area contributed by atoms with Crippen molar-refractivity contribution < 1.29 is 19.1 Å². The average Bonchev–Trinajstić information content (AvgIpc) is 2.43. The molecule has 1 aliphatic rings. The van der Waals surface area contributed by atoms with E-state index in [1.165, 1.54) is 32.1 Å². The van der Waals surface area contributed by atoms with Crippen molar-refractivity contribution in [1.82, 2.24) is 0 Å². The first-order chi connectivity index (χ1) is 9.17. The van der Waals surface area contributed by atoms with Crippen LogP contribution in [0.3, 0.4) is 0 Å². The molecule has 0 saturated heterocycles. The van der Waals surface area contributed by atoms with Gasteiger partial charge in [0, 0.05) is 11.0 Å². The highest BCUT2D eigenvalue weighted by Gasteiger charge is 2.31. The summed E-state index contributed by atoms with van der Waals surface area (Å²) in [6.45, 7) is 0. The smallest absolute Gasteiger partial charge is 0.238 e. The first kappa shape index (κ1) is 13.4. The number of methoxy groups -OCH3 is 2. The molecule has 4 nitrogen and oxygen atoms in total. The molecule has 1 aromatic carbocycles. The Bertz CT molecular complexity index is 572. The van der Waals surface area contributed by atoms with Gasteiger partial charge in [0.05, 0.1) is 19.1 Å². The molecule has 0 aliphatic heterocycles. The lowest BCUT2D eigenvalue weighted by atomic mass is 10.1. The van der Waals surface area contributed by atoms with E-state index >= 15 is 0 Å². The molecule has 2 rings (SSSR count). The quantitative estimate of drug-likeness (QED) is 0.790. The number of benzene rings is 1. The Hall–Kier alpha value is -2.01. The van der Waals surface area contributed by atoms with E-state index in [0.717, 1.165) is 4.90 Å². The Morgan fingerprint density at radius 3 is 2.16 bits per heavy atom. The molecule has 0 saturated carbocycles. The first-order valence-corrected chi connectivity index (χ1v) is 6.35. The minimum absolute atomic E-state index is 0.0477. The summed E-state index contributed by atoms with van der Waals surface area (Å²) < 4.78 is 9.88. The van der Waals surface area contributed by atoms with Gasteiger partial charge in [-0.25, -0.2) is 0 Å². The average molecular weight is 276 g/mol. The Labute approximate surface area is 115 Å². The lowest BCUT2D eigenvalue weighted by Crippen LogP contribution is -2.20. The molecule has 0 spiro atoms. The Morgan fingerprint density at radius 2 is 1.58 bits per heavy atom. The molecule has 0 heterocycles. The lowest BCUT2D eigenvalue weighted by molar-refractivity contribution is -0.119. The van der Waals surface area contributed by atoms with Crippen molar-refractivity contribution in [2.24, 2.45) is 0 Å². The van der Waals surface area contributed by atoms with Crippen LogP contribution in [0, 0.1) is 0 Å². The van der Waals surface area contributed by atoms with E-state index in [2.05, 4.69) is 0 Å². The van der Waals surface area contributed by atoms with Crippen molar-refractivity contribution in [3.63, 3.8) is 0 Å². The number of carbonyl (C=O) groups excluding carboxylic acids is 2. The number of rotatable bonds is 4. The molecule has 5 heteroatoms. The van der Waals surface area contributed by atoms with Gasteiger partial charge in [-0.2, -0.15) is 0 Å². The predicted molar refractivity (Wildman–Crippen MR) is 71.4 cm³/mol. The number of ketones is 2. The van der Waals surface area contributed by atoms with Crippen molar-refractivity contribution in [3.05, 3.63) is 52.8 Å². The van der Waals surface area contributed by atoms with Crippen LogP contribution >= 0.6 is 11.8 Å². The van der Waals surface area contributed by atoms with Crippen molar-refractivity contribution in [2.75, 3.05) is 14.2 Å². The van der Waals surface area contributed by atoms with Crippen LogP contribution in [-0.4, -0.2) is 25.8 Å². The van der Waals surface area contributed by atoms with Crippen molar-refractivity contribution in [1.29, 1.82) is 0 Å². The predicted octanol–water partition coefficient (Wildman–Crippen LogP) is 2.32. The number of carbonyl (C=O) groups is 2. The molecule has 98 valence electrons. The van der Waals surface area contributed by atoms with Crippen LogP contribution in [0.4, 0.5) is 0 Å². The van der Waals surface area contributed by atoms with Crippen LogP contribution < -0.4 is 0 Å². The van der Waals surface area contributed by atoms with E-state index in [4.69, 9.17) is 9.47 Å². The fourth-order valence-corrected chi connectivity index (χ4v) is 2.55. The number of Topliss-reactive ketones (excluding diaryl/α,β-unsaturated/α-hetero) is 1. The van der Waals surface area contributed by atoms with Crippen LogP contribution in [0.2, 0.25) is 0 Å². The Morgan fingerprint density at radius 1 is 0.947 bits per heavy atom. The topological polar surface area (TPSA) is 52.6 Å². The van der Waals surface area contributed by atoms with Gasteiger partial charge >= 0.3 is 0 Å². The second-order valence-electron chi connectivity index (χ2n) is 3.68. The molecular weight excluding hydrogens is 264 g/mol. The van der Waals surface area contributed by atoms with Gasteiger partial charge in [0.25, 0.3) is 0 Å². The number of hydrogen-bond donors (Lipinski definition) is 0. The van der Waals surface area contributed by atoms with Gasteiger partial charge in [0.2, 0.25) is 23.1 Å². The van der Waals surface area contributed by atoms with Crippen LogP contribution in [0.25, 0.3) is 0 Å². The highest BCUT2D eigenvalue weighted by Crippen LogP contribution is 2.32. The van der Waals surface area contributed by atoms with Crippen molar-refractivity contribution >= 4 is 23.3 Å². The summed E-state index contributed by atoms with van der Waals surface area (Å²) in [6.07, 6.45) is 1.28. The van der Waals surface area contributed by atoms with Crippen LogP contribution in [0.5, 0.6) is 0 Å². The van der Waals surface area contributed by atoms with E-state index in [1.54, 1.807) is 0 Å². The van der Waals surface area contributed by atoms with Gasteiger partial charge in [-0.1, -0.05) is 30.0 Å². The maximum atomic E-state index is 12.2. The van der Waals surface area contributed by atoms with Gasteiger partial charge in [-0.15, -0.1) is 0 Å². The summed E-state index contributed by atoms with van der Waals surface area (Å²) in [5, 5.41) is 0. The van der Waals surface area contributed by atoms with Gasteiger partial charge in [0.1, 0.15) is 0 Å². The fraction of sp³-hybridized carbons (Fsp3) is 0.143. The van der Waals surface area contributed by atoms with Gasteiger partial charge in [0.15, 0.2) is 0 Å². The van der Waals surface area contributed by atoms with Crippen molar-refractivity contribution in [3.8, 4) is 0 Å². The molecule has 0 radical (unpaired) electrons. The Balaban J connectivity index is 2.30. The molecule has 0 unspecified atom stereocenters. The molecule has 0 N–H and O–H groups in total. The third-order valence-electron chi connectivity index (χ3n) is 2.50. The molecule has 0 fully saturated rings. The van der Waals surface area contributed by atoms with E-state index in [1.807, 2.05) is 30.3 Å². The molecule has 1 aliphatic carbocycles. The zero-order valence-electron chi connectivity index (χ0n) is 10.5. The molecule has 0 aromatic heterocycles. The van der Waals surface area contributed by atoms with Crippen molar-refractivity contribution in [2.45, 2.75) is 4.90 Å². The molecule has 0 atom stereocenters. The molecular formula is C14H12O4S. The highest BCUT2D eigenvalue weighted by atomic mass is 32.2. The largest absolute Gasteiger partial charge is 0.490 e. The second-order valence-corrected chi connectivity index (χ2v) is 4.80. The first-order valence-electron chi connectivity index (χ1n) is 5.53. The third-order valence-corrected chi connectivity index (χ3v) is 3.53. The Kier molecular flexibility index (Phi) is 4.06. The summed E-state index contributed by atoms with van der Waals surface area (Å²) in [7, 11) is 2.68. The highest BCUT2D eigenvalue weighted by molar-refractivity contribution is 8.04. The van der Waals surface area contributed by atoms with Gasteiger partial charge < -0.3 is 9.47 Å². The van der Waals surface area contributed by atoms with Gasteiger partial charge in [-0.3, -0.25) is 9.59 Å². The minimum atomic E-state index is -0.364. The normalized spacial score (nSPS) is 15.4. The summed E-state index contributed by atoms with van der Waals surface area (Å²) in [6, 6.07) is 9.35. The van der Waals surface area contributed by atoms with E-state index in [-0.39, 0.29) is 23.1 Å². The SMILES string of the molecule is COC1=C(OC)C(=O)C(Sc2ccccc2)=CC1=O. The van der Waals surface area contributed by atoms with E-state index < -0.39 is 0 Å². The van der Waals surface area contributed by atoms with E-state index in [0.29, 0.717) is 4.91 Å². The number of ether oxygens (including phenoxy) is 2. The maximum absolute atomic E-state index is 12.2. The molecule has 19 heavy (non-hydrogen) atoms. The maximum Gasteiger partial charge on any atom is 0.238 e. The monoisotopic (exact) mass is 276 g/mol. The standard InChI is InChI=1S/C14H12O4S/c1-17-13-10(15)8-11(12(16)14(13)18-2)19-9-6-4-3-5-7-9/h3-8H,1-2H3. The minimum Gasteiger partial charge on any atom is -0.490 e. The lowest BCUT2D eigenvalue weighted by Gasteiger charge is -2.16.